The van der Waals surface area contributed by atoms with Crippen LogP contribution in [0.5, 0.6) is 0 Å². The number of aryl methyl sites for hydroxylation is 5. The van der Waals surface area contributed by atoms with E-state index in [1.807, 2.05) is 89.3 Å². The van der Waals surface area contributed by atoms with Crippen LogP contribution in [0.15, 0.2) is 201 Å². The van der Waals surface area contributed by atoms with Crippen molar-refractivity contribution in [2.75, 3.05) is 0 Å². The van der Waals surface area contributed by atoms with Crippen molar-refractivity contribution in [2.24, 2.45) is 0 Å². The van der Waals surface area contributed by atoms with Crippen LogP contribution in [0.3, 0.4) is 0 Å². The van der Waals surface area contributed by atoms with Crippen LogP contribution >= 0.6 is 0 Å². The zero-order valence-electron chi connectivity index (χ0n) is 47.6. The molecule has 0 unspecified atom stereocenters. The minimum absolute atomic E-state index is 0. The van der Waals surface area contributed by atoms with Crippen molar-refractivity contribution in [1.82, 2.24) is 24.3 Å². The second kappa shape index (κ2) is 19.0. The van der Waals surface area contributed by atoms with Crippen LogP contribution in [0.1, 0.15) is 42.9 Å². The topological polar surface area (TPSA) is 56.0 Å². The van der Waals surface area contributed by atoms with Crippen LogP contribution < -0.4 is 0 Å². The van der Waals surface area contributed by atoms with Crippen LogP contribution in [-0.4, -0.2) is 24.3 Å². The van der Waals surface area contributed by atoms with Gasteiger partial charge in [0, 0.05) is 44.6 Å². The van der Waals surface area contributed by atoms with Gasteiger partial charge in [0.2, 0.25) is 0 Å². The molecule has 330 valence electrons. The quantitative estimate of drug-likeness (QED) is 0.0957. The van der Waals surface area contributed by atoms with Crippen LogP contribution in [0.25, 0.3) is 94.4 Å². The van der Waals surface area contributed by atoms with Gasteiger partial charge < -0.3 is 19.4 Å². The summed E-state index contributed by atoms with van der Waals surface area (Å²) in [6.07, 6.45) is -6.52. The Morgan fingerprint density at radius 2 is 1.13 bits per heavy atom. The molecule has 5 heterocycles. The molecule has 0 aliphatic rings. The van der Waals surface area contributed by atoms with E-state index in [1.165, 1.54) is 48.7 Å². The number of aromatic nitrogens is 5. The second-order valence-corrected chi connectivity index (χ2v) is 16.3. The van der Waals surface area contributed by atoms with Gasteiger partial charge in [0.05, 0.1) is 11.0 Å². The molecule has 0 fully saturated rings. The van der Waals surface area contributed by atoms with Crippen LogP contribution in [0, 0.1) is 25.1 Å². The Bertz CT molecular complexity index is 4160. The van der Waals surface area contributed by atoms with Crippen LogP contribution in [0.2, 0.25) is 0 Å². The SMILES string of the molecule is [2H]C([2H])([2H])c1cnc2c3[c-]cc(-c4ccccc4-c4cc(C([2H])([2H])C([2H])([2H])c5c[c-]c(-c6ccccn6)cc5)cc(C([2H])([2H])C([2H])([2H])c5c[c-]c(-c6ccccn6)cc5)c4)cc3n3c4ccccc4nc3c2c1-c1ccccc1.[Ir+3]. The molecule has 0 spiro atoms. The van der Waals surface area contributed by atoms with Gasteiger partial charge >= 0.3 is 20.1 Å². The summed E-state index contributed by atoms with van der Waals surface area (Å²) in [5, 5.41) is 1.14. The summed E-state index contributed by atoms with van der Waals surface area (Å²) in [5.74, 6) is 0. The zero-order chi connectivity index (χ0) is 55.1. The molecule has 0 saturated heterocycles. The third-order valence-electron chi connectivity index (χ3n) is 12.0. The predicted molar refractivity (Wildman–Crippen MR) is 277 cm³/mol. The van der Waals surface area contributed by atoms with Crippen molar-refractivity contribution in [2.45, 2.75) is 32.3 Å². The molecule has 0 N–H and O–H groups in total. The molecular weight excluding hydrogens is 1020 g/mol. The third kappa shape index (κ3) is 8.55. The van der Waals surface area contributed by atoms with Crippen molar-refractivity contribution in [3.8, 4) is 55.9 Å². The van der Waals surface area contributed by atoms with E-state index in [4.69, 9.17) is 14.1 Å². The van der Waals surface area contributed by atoms with Gasteiger partial charge in [-0.1, -0.05) is 133 Å². The Hall–Kier alpha value is -7.89. The summed E-state index contributed by atoms with van der Waals surface area (Å²) < 4.78 is 105. The number of para-hydroxylation sites is 2. The van der Waals surface area contributed by atoms with Gasteiger partial charge in [-0.05, 0) is 99.7 Å². The molecule has 0 aliphatic carbocycles. The van der Waals surface area contributed by atoms with Gasteiger partial charge in [-0.15, -0.1) is 94.4 Å². The molecule has 0 bridgehead atoms. The maximum absolute atomic E-state index is 9.72. The summed E-state index contributed by atoms with van der Waals surface area (Å²) in [5.41, 5.74) is 8.20. The fraction of sp³-hybridized carbons (Fsp3) is 0.0794. The zero-order valence-corrected chi connectivity index (χ0v) is 39.0. The normalized spacial score (nSPS) is 14.8. The summed E-state index contributed by atoms with van der Waals surface area (Å²) in [6.45, 7) is -2.51. The van der Waals surface area contributed by atoms with Crippen molar-refractivity contribution in [3.05, 3.63) is 247 Å². The Morgan fingerprint density at radius 3 is 1.75 bits per heavy atom. The van der Waals surface area contributed by atoms with Gasteiger partial charge in [0.15, 0.2) is 0 Å². The monoisotopic (exact) mass is 1070 g/mol. The number of fused-ring (bicyclic) bond motifs is 8. The Balaban J connectivity index is 0.00000675. The van der Waals surface area contributed by atoms with Crippen molar-refractivity contribution in [3.63, 3.8) is 0 Å². The average molecular weight is 1070 g/mol. The predicted octanol–water partition coefficient (Wildman–Crippen LogP) is 14.6. The summed E-state index contributed by atoms with van der Waals surface area (Å²) >= 11 is 0. The van der Waals surface area contributed by atoms with E-state index in [1.54, 1.807) is 67.0 Å². The van der Waals surface area contributed by atoms with E-state index in [0.29, 0.717) is 88.9 Å². The minimum Gasteiger partial charge on any atom is -0.335 e. The molecule has 12 aromatic rings. The van der Waals surface area contributed by atoms with E-state index in [2.05, 4.69) is 28.2 Å². The van der Waals surface area contributed by atoms with Gasteiger partial charge in [0.1, 0.15) is 5.65 Å². The van der Waals surface area contributed by atoms with E-state index in [-0.39, 0.29) is 47.9 Å². The van der Waals surface area contributed by atoms with E-state index < -0.39 is 32.3 Å². The van der Waals surface area contributed by atoms with Gasteiger partial charge in [-0.2, -0.15) is 0 Å². The van der Waals surface area contributed by atoms with Gasteiger partial charge in [-0.3, -0.25) is 0 Å². The number of nitrogens with zero attached hydrogens (tertiary/aromatic N) is 5. The molecular formula is C63H44IrN5. The molecule has 7 aromatic carbocycles. The number of pyridine rings is 4. The molecule has 0 aliphatic heterocycles. The molecule has 0 radical (unpaired) electrons. The molecule has 69 heavy (non-hydrogen) atoms. The first-order valence-electron chi connectivity index (χ1n) is 27.6. The Morgan fingerprint density at radius 1 is 0.522 bits per heavy atom. The molecule has 12 rings (SSSR count). The van der Waals surface area contributed by atoms with Crippen molar-refractivity contribution < 1.29 is 35.2 Å². The number of rotatable bonds is 11. The van der Waals surface area contributed by atoms with Crippen LogP contribution in [-0.2, 0) is 45.6 Å². The van der Waals surface area contributed by atoms with E-state index in [9.17, 15) is 11.0 Å². The summed E-state index contributed by atoms with van der Waals surface area (Å²) in [7, 11) is 0. The average Bonchev–Trinajstić information content (AvgIpc) is 3.97. The molecule has 5 aromatic heterocycles. The summed E-state index contributed by atoms with van der Waals surface area (Å²) in [6, 6.07) is 61.7. The van der Waals surface area contributed by atoms with Crippen LogP contribution in [0.4, 0.5) is 0 Å². The largest absolute Gasteiger partial charge is 3.00 e. The standard InChI is InChI=1S/C63H44N5.Ir/c1-42-41-66-62-54-34-33-50(40-59(54)68-58-20-8-7-19-57(58)67-63(68)61(62)60(42)49-13-3-2-4-14-49)52-15-5-6-16-53(52)51-38-45(23-21-43-25-29-47(30-26-43)55-17-9-11-35-64-55)37-46(39-51)24-22-44-27-31-48(32-28-44)56-18-10-12-36-65-56;/h2-20,25-29,31,33,35-41H,21-24H2,1H3;/q-3;+3/i1D3,21D2,22D2,23D2,24D2;. The first-order valence-corrected chi connectivity index (χ1v) is 22.1. The van der Waals surface area contributed by atoms with Crippen molar-refractivity contribution >= 4 is 38.5 Å². The minimum atomic E-state index is -2.86. The molecule has 0 amide bonds. The number of imidazole rings is 1. The van der Waals surface area contributed by atoms with E-state index >= 15 is 0 Å². The number of hydrogen-bond donors (Lipinski definition) is 0. The number of hydrogen-bond acceptors (Lipinski definition) is 4. The van der Waals surface area contributed by atoms with Gasteiger partial charge in [-0.25, -0.2) is 4.98 Å². The Kier molecular flexibility index (Phi) is 9.02. The fourth-order valence-electron chi connectivity index (χ4n) is 8.84. The number of benzene rings is 7. The first-order chi connectivity index (χ1) is 37.8. The maximum atomic E-state index is 9.72. The summed E-state index contributed by atoms with van der Waals surface area (Å²) in [4.78, 5) is 18.7. The molecule has 0 atom stereocenters. The third-order valence-corrected chi connectivity index (χ3v) is 12.0. The van der Waals surface area contributed by atoms with Crippen molar-refractivity contribution in [1.29, 1.82) is 0 Å². The Labute approximate surface area is 431 Å². The molecule has 6 heteroatoms. The first kappa shape index (κ1) is 32.7. The van der Waals surface area contributed by atoms with Gasteiger partial charge in [0.25, 0.3) is 0 Å². The maximum Gasteiger partial charge on any atom is 3.00 e. The van der Waals surface area contributed by atoms with E-state index in [0.717, 1.165) is 5.52 Å². The smallest absolute Gasteiger partial charge is 0.335 e. The molecule has 0 saturated carbocycles. The fourth-order valence-corrected chi connectivity index (χ4v) is 8.84. The molecule has 5 nitrogen and oxygen atoms in total. The second-order valence-electron chi connectivity index (χ2n) is 16.3.